The Labute approximate surface area is 144 Å². The zero-order chi connectivity index (χ0) is 17.1. The molecule has 8 heteroatoms. The average molecular weight is 342 g/mol. The number of nitrogens with one attached hydrogen (secondary N) is 1. The van der Waals surface area contributed by atoms with Gasteiger partial charge in [-0.15, -0.1) is 10.2 Å². The molecule has 0 atom stereocenters. The monoisotopic (exact) mass is 342 g/mol. The maximum atomic E-state index is 12.2. The minimum atomic E-state index is -0.0955. The largest absolute Gasteiger partial charge is 0.322 e. The van der Waals surface area contributed by atoms with E-state index in [0.717, 1.165) is 22.8 Å². The predicted molar refractivity (Wildman–Crippen MR) is 93.4 cm³/mol. The molecule has 0 fully saturated rings. The number of aromatic nitrogens is 5. The summed E-state index contributed by atoms with van der Waals surface area (Å²) in [6.07, 6.45) is 1.61. The van der Waals surface area contributed by atoms with Crippen molar-refractivity contribution in [3.05, 3.63) is 48.0 Å². The Bertz CT molecular complexity index is 855. The molecule has 124 valence electrons. The normalized spacial score (nSPS) is 10.8. The van der Waals surface area contributed by atoms with Gasteiger partial charge in [-0.1, -0.05) is 30.0 Å². The molecule has 2 heterocycles. The second-order valence-electron chi connectivity index (χ2n) is 5.35. The maximum absolute atomic E-state index is 12.2. The van der Waals surface area contributed by atoms with Gasteiger partial charge in [-0.25, -0.2) is 4.68 Å². The standard InChI is InChI=1S/C16H18N6OS/c1-11-15(12(2)22(20-11)13-7-5-4-6-8-13)18-14(23)9-24-16-19-17-10-21(16)3/h4-8,10H,9H2,1-3H3,(H,18,23). The summed E-state index contributed by atoms with van der Waals surface area (Å²) in [7, 11) is 1.85. The molecule has 1 N–H and O–H groups in total. The van der Waals surface area contributed by atoms with Gasteiger partial charge in [0.2, 0.25) is 5.91 Å². The molecule has 3 aromatic rings. The molecule has 0 radical (unpaired) electrons. The highest BCUT2D eigenvalue weighted by molar-refractivity contribution is 7.99. The summed E-state index contributed by atoms with van der Waals surface area (Å²) < 4.78 is 3.61. The number of carbonyl (C=O) groups is 1. The molecule has 0 saturated heterocycles. The van der Waals surface area contributed by atoms with Gasteiger partial charge >= 0.3 is 0 Å². The number of anilines is 1. The number of para-hydroxylation sites is 1. The summed E-state index contributed by atoms with van der Waals surface area (Å²) in [5.74, 6) is 0.170. The van der Waals surface area contributed by atoms with Crippen LogP contribution in [0.15, 0.2) is 41.8 Å². The van der Waals surface area contributed by atoms with Crippen molar-refractivity contribution in [2.45, 2.75) is 19.0 Å². The quantitative estimate of drug-likeness (QED) is 0.720. The molecule has 0 aliphatic rings. The van der Waals surface area contributed by atoms with Crippen LogP contribution in [0.4, 0.5) is 5.69 Å². The first kappa shape index (κ1) is 16.3. The molecule has 0 spiro atoms. The molecule has 24 heavy (non-hydrogen) atoms. The molecule has 7 nitrogen and oxygen atoms in total. The summed E-state index contributed by atoms with van der Waals surface area (Å²) in [6.45, 7) is 3.83. The van der Waals surface area contributed by atoms with E-state index in [4.69, 9.17) is 0 Å². The summed E-state index contributed by atoms with van der Waals surface area (Å²) in [5, 5.41) is 15.9. The third kappa shape index (κ3) is 3.33. The zero-order valence-corrected chi connectivity index (χ0v) is 14.5. The van der Waals surface area contributed by atoms with E-state index in [1.807, 2.05) is 55.9 Å². The first-order valence-electron chi connectivity index (χ1n) is 7.44. The van der Waals surface area contributed by atoms with Gasteiger partial charge in [0.05, 0.1) is 28.5 Å². The van der Waals surface area contributed by atoms with Crippen LogP contribution in [0.25, 0.3) is 5.69 Å². The predicted octanol–water partition coefficient (Wildman–Crippen LogP) is 2.35. The lowest BCUT2D eigenvalue weighted by atomic mass is 10.3. The second kappa shape index (κ2) is 6.88. The van der Waals surface area contributed by atoms with Gasteiger partial charge in [-0.05, 0) is 26.0 Å². The number of nitrogens with zero attached hydrogens (tertiary/aromatic N) is 5. The number of amides is 1. The van der Waals surface area contributed by atoms with Gasteiger partial charge in [0.25, 0.3) is 0 Å². The number of rotatable bonds is 5. The Kier molecular flexibility index (Phi) is 4.66. The van der Waals surface area contributed by atoms with E-state index < -0.39 is 0 Å². The first-order valence-corrected chi connectivity index (χ1v) is 8.43. The van der Waals surface area contributed by atoms with Crippen molar-refractivity contribution in [3.8, 4) is 5.69 Å². The summed E-state index contributed by atoms with van der Waals surface area (Å²) >= 11 is 1.35. The molecule has 0 aliphatic carbocycles. The van der Waals surface area contributed by atoms with Crippen molar-refractivity contribution in [1.82, 2.24) is 24.5 Å². The molecular weight excluding hydrogens is 324 g/mol. The van der Waals surface area contributed by atoms with Gasteiger partial charge in [0.1, 0.15) is 6.33 Å². The van der Waals surface area contributed by atoms with Crippen molar-refractivity contribution in [2.75, 3.05) is 11.1 Å². The number of hydrogen-bond donors (Lipinski definition) is 1. The molecule has 3 rings (SSSR count). The Balaban J connectivity index is 1.72. The smallest absolute Gasteiger partial charge is 0.234 e. The Morgan fingerprint density at radius 1 is 1.25 bits per heavy atom. The molecule has 1 amide bonds. The molecule has 0 bridgehead atoms. The van der Waals surface area contributed by atoms with Gasteiger partial charge in [0.15, 0.2) is 5.16 Å². The van der Waals surface area contributed by atoms with Crippen LogP contribution < -0.4 is 5.32 Å². The van der Waals surface area contributed by atoms with Crippen LogP contribution in [-0.4, -0.2) is 36.2 Å². The average Bonchev–Trinajstić information content (AvgIpc) is 3.11. The Hall–Kier alpha value is -2.61. The third-order valence-electron chi connectivity index (χ3n) is 3.56. The third-order valence-corrected chi connectivity index (χ3v) is 4.59. The summed E-state index contributed by atoms with van der Waals surface area (Å²) in [4.78, 5) is 12.2. The first-order chi connectivity index (χ1) is 11.6. The van der Waals surface area contributed by atoms with Gasteiger partial charge in [-0.3, -0.25) is 4.79 Å². The van der Waals surface area contributed by atoms with Crippen LogP contribution in [0, 0.1) is 13.8 Å². The lowest BCUT2D eigenvalue weighted by Gasteiger charge is -2.07. The molecule has 0 aliphatic heterocycles. The minimum Gasteiger partial charge on any atom is -0.322 e. The van der Waals surface area contributed by atoms with E-state index in [2.05, 4.69) is 20.6 Å². The van der Waals surface area contributed by atoms with Crippen molar-refractivity contribution in [3.63, 3.8) is 0 Å². The highest BCUT2D eigenvalue weighted by Gasteiger charge is 2.15. The van der Waals surface area contributed by atoms with Crippen LogP contribution in [0.3, 0.4) is 0 Å². The SMILES string of the molecule is Cc1nn(-c2ccccc2)c(C)c1NC(=O)CSc1nncn1C. The van der Waals surface area contributed by atoms with E-state index >= 15 is 0 Å². The Morgan fingerprint density at radius 3 is 2.67 bits per heavy atom. The zero-order valence-electron chi connectivity index (χ0n) is 13.7. The fraction of sp³-hybridized carbons (Fsp3) is 0.250. The number of carbonyl (C=O) groups excluding carboxylic acids is 1. The lowest BCUT2D eigenvalue weighted by Crippen LogP contribution is -2.15. The number of hydrogen-bond acceptors (Lipinski definition) is 5. The van der Waals surface area contributed by atoms with Gasteiger partial charge < -0.3 is 9.88 Å². The fourth-order valence-electron chi connectivity index (χ4n) is 2.35. The van der Waals surface area contributed by atoms with Gasteiger partial charge in [-0.2, -0.15) is 5.10 Å². The van der Waals surface area contributed by atoms with E-state index in [0.29, 0.717) is 5.16 Å². The maximum Gasteiger partial charge on any atom is 0.234 e. The van der Waals surface area contributed by atoms with Crippen molar-refractivity contribution in [2.24, 2.45) is 7.05 Å². The topological polar surface area (TPSA) is 77.6 Å². The van der Waals surface area contributed by atoms with Gasteiger partial charge in [0, 0.05) is 7.05 Å². The lowest BCUT2D eigenvalue weighted by molar-refractivity contribution is -0.113. The second-order valence-corrected chi connectivity index (χ2v) is 6.30. The molecule has 2 aromatic heterocycles. The van der Waals surface area contributed by atoms with Crippen LogP contribution >= 0.6 is 11.8 Å². The van der Waals surface area contributed by atoms with E-state index in [-0.39, 0.29) is 11.7 Å². The van der Waals surface area contributed by atoms with Crippen LogP contribution in [-0.2, 0) is 11.8 Å². The summed E-state index contributed by atoms with van der Waals surface area (Å²) in [5.41, 5.74) is 3.40. The molecule has 0 saturated carbocycles. The van der Waals surface area contributed by atoms with Crippen molar-refractivity contribution in [1.29, 1.82) is 0 Å². The summed E-state index contributed by atoms with van der Waals surface area (Å²) in [6, 6.07) is 9.84. The number of aryl methyl sites for hydroxylation is 2. The number of thioether (sulfide) groups is 1. The molecule has 1 aromatic carbocycles. The van der Waals surface area contributed by atoms with Crippen LogP contribution in [0.2, 0.25) is 0 Å². The number of benzene rings is 1. The highest BCUT2D eigenvalue weighted by Crippen LogP contribution is 2.23. The van der Waals surface area contributed by atoms with Crippen LogP contribution in [0.5, 0.6) is 0 Å². The van der Waals surface area contributed by atoms with Crippen molar-refractivity contribution < 1.29 is 4.79 Å². The molecule has 0 unspecified atom stereocenters. The van der Waals surface area contributed by atoms with Crippen LogP contribution in [0.1, 0.15) is 11.4 Å². The van der Waals surface area contributed by atoms with Crippen molar-refractivity contribution >= 4 is 23.4 Å². The Morgan fingerprint density at radius 2 is 2.00 bits per heavy atom. The van der Waals surface area contributed by atoms with E-state index in [1.165, 1.54) is 11.8 Å². The molecular formula is C16H18N6OS. The highest BCUT2D eigenvalue weighted by atomic mass is 32.2. The minimum absolute atomic E-state index is 0.0955. The van der Waals surface area contributed by atoms with E-state index in [1.54, 1.807) is 10.9 Å². The van der Waals surface area contributed by atoms with E-state index in [9.17, 15) is 4.79 Å². The fourth-order valence-corrected chi connectivity index (χ4v) is 3.04.